The van der Waals surface area contributed by atoms with Gasteiger partial charge in [0.15, 0.2) is 5.69 Å². The number of amides is 1. The monoisotopic (exact) mass is 222 g/mol. The van der Waals surface area contributed by atoms with Crippen LogP contribution in [0.5, 0.6) is 0 Å². The lowest BCUT2D eigenvalue weighted by molar-refractivity contribution is 0.0597. The Morgan fingerprint density at radius 2 is 2.44 bits per heavy atom. The van der Waals surface area contributed by atoms with E-state index in [0.29, 0.717) is 17.5 Å². The third-order valence-electron chi connectivity index (χ3n) is 3.21. The lowest BCUT2D eigenvalue weighted by Gasteiger charge is -2.34. The van der Waals surface area contributed by atoms with Gasteiger partial charge in [-0.3, -0.25) is 4.79 Å². The van der Waals surface area contributed by atoms with Crippen LogP contribution in [0.1, 0.15) is 48.9 Å². The average Bonchev–Trinajstić information content (AvgIpc) is 2.75. The molecule has 1 fully saturated rings. The highest BCUT2D eigenvalue weighted by Gasteiger charge is 2.27. The molecule has 0 N–H and O–H groups in total. The van der Waals surface area contributed by atoms with Crippen LogP contribution in [-0.4, -0.2) is 28.6 Å². The first kappa shape index (κ1) is 11.2. The van der Waals surface area contributed by atoms with Crippen molar-refractivity contribution in [2.45, 2.75) is 45.6 Å². The lowest BCUT2D eigenvalue weighted by Crippen LogP contribution is -2.43. The van der Waals surface area contributed by atoms with Gasteiger partial charge in [0, 0.05) is 18.7 Å². The van der Waals surface area contributed by atoms with E-state index in [1.165, 1.54) is 6.42 Å². The second-order valence-electron chi connectivity index (χ2n) is 4.38. The molecule has 0 aromatic carbocycles. The zero-order chi connectivity index (χ0) is 11.5. The van der Waals surface area contributed by atoms with Gasteiger partial charge < -0.3 is 9.42 Å². The van der Waals surface area contributed by atoms with Crippen molar-refractivity contribution in [3.63, 3.8) is 0 Å². The summed E-state index contributed by atoms with van der Waals surface area (Å²) in [7, 11) is 0. The number of likely N-dealkylation sites (tertiary alicyclic amines) is 1. The van der Waals surface area contributed by atoms with E-state index < -0.39 is 0 Å². The Labute approximate surface area is 95.6 Å². The van der Waals surface area contributed by atoms with Crippen LogP contribution in [0, 0.1) is 6.92 Å². The summed E-state index contributed by atoms with van der Waals surface area (Å²) in [5.41, 5.74) is 0.442. The molecule has 0 unspecified atom stereocenters. The zero-order valence-electron chi connectivity index (χ0n) is 9.90. The molecule has 1 atom stereocenters. The number of hydrogen-bond acceptors (Lipinski definition) is 3. The molecule has 1 amide bonds. The molecule has 1 aliphatic rings. The van der Waals surface area contributed by atoms with Crippen molar-refractivity contribution in [1.29, 1.82) is 0 Å². The molecule has 4 heteroatoms. The maximum Gasteiger partial charge on any atom is 0.276 e. The molecule has 88 valence electrons. The first-order chi connectivity index (χ1) is 7.72. The summed E-state index contributed by atoms with van der Waals surface area (Å²) in [6.45, 7) is 4.78. The topological polar surface area (TPSA) is 46.3 Å². The highest BCUT2D eigenvalue weighted by atomic mass is 16.5. The lowest BCUT2D eigenvalue weighted by atomic mass is 9.99. The van der Waals surface area contributed by atoms with Gasteiger partial charge in [-0.1, -0.05) is 12.1 Å². The second-order valence-corrected chi connectivity index (χ2v) is 4.38. The Morgan fingerprint density at radius 3 is 3.06 bits per heavy atom. The van der Waals surface area contributed by atoms with E-state index in [9.17, 15) is 4.79 Å². The van der Waals surface area contributed by atoms with Gasteiger partial charge in [0.25, 0.3) is 5.91 Å². The first-order valence-electron chi connectivity index (χ1n) is 5.96. The van der Waals surface area contributed by atoms with Crippen LogP contribution in [0.15, 0.2) is 10.6 Å². The minimum atomic E-state index is 0.0170. The molecule has 0 bridgehead atoms. The molecule has 2 rings (SSSR count). The number of carbonyl (C=O) groups is 1. The predicted molar refractivity (Wildman–Crippen MR) is 60.2 cm³/mol. The second kappa shape index (κ2) is 4.68. The van der Waals surface area contributed by atoms with Crippen molar-refractivity contribution >= 4 is 5.91 Å². The highest BCUT2D eigenvalue weighted by Crippen LogP contribution is 2.21. The van der Waals surface area contributed by atoms with E-state index in [1.54, 1.807) is 13.0 Å². The van der Waals surface area contributed by atoms with Crippen LogP contribution < -0.4 is 0 Å². The fourth-order valence-electron chi connectivity index (χ4n) is 2.31. The molecule has 2 heterocycles. The molecular formula is C12H18N2O2. The molecule has 1 aromatic heterocycles. The minimum Gasteiger partial charge on any atom is -0.361 e. The molecule has 16 heavy (non-hydrogen) atoms. The maximum atomic E-state index is 12.2. The fraction of sp³-hybridized carbons (Fsp3) is 0.667. The summed E-state index contributed by atoms with van der Waals surface area (Å²) in [5.74, 6) is 0.705. The Morgan fingerprint density at radius 1 is 1.62 bits per heavy atom. The molecule has 0 spiro atoms. The predicted octanol–water partition coefficient (Wildman–Crippen LogP) is 2.39. The van der Waals surface area contributed by atoms with Crippen molar-refractivity contribution in [3.8, 4) is 0 Å². The van der Waals surface area contributed by atoms with E-state index in [0.717, 1.165) is 25.8 Å². The van der Waals surface area contributed by atoms with Crippen LogP contribution in [0.3, 0.4) is 0 Å². The highest BCUT2D eigenvalue weighted by molar-refractivity contribution is 5.92. The number of rotatable bonds is 2. The van der Waals surface area contributed by atoms with E-state index in [-0.39, 0.29) is 5.91 Å². The van der Waals surface area contributed by atoms with Crippen LogP contribution >= 0.6 is 0 Å². The number of nitrogens with zero attached hydrogens (tertiary/aromatic N) is 2. The van der Waals surface area contributed by atoms with Gasteiger partial charge in [-0.15, -0.1) is 0 Å². The van der Waals surface area contributed by atoms with Crippen molar-refractivity contribution in [1.82, 2.24) is 10.1 Å². The van der Waals surface area contributed by atoms with Gasteiger partial charge in [0.1, 0.15) is 5.76 Å². The molecule has 4 nitrogen and oxygen atoms in total. The van der Waals surface area contributed by atoms with Crippen molar-refractivity contribution in [3.05, 3.63) is 17.5 Å². The first-order valence-corrected chi connectivity index (χ1v) is 5.96. The molecule has 0 saturated carbocycles. The zero-order valence-corrected chi connectivity index (χ0v) is 9.90. The Balaban J connectivity index is 2.13. The minimum absolute atomic E-state index is 0.0170. The third kappa shape index (κ3) is 2.10. The number of aromatic nitrogens is 1. The van der Waals surface area contributed by atoms with E-state index in [1.807, 2.05) is 4.90 Å². The summed E-state index contributed by atoms with van der Waals surface area (Å²) in [4.78, 5) is 14.1. The maximum absolute atomic E-state index is 12.2. The molecule has 0 radical (unpaired) electrons. The van der Waals surface area contributed by atoms with Crippen LogP contribution in [-0.2, 0) is 0 Å². The average molecular weight is 222 g/mol. The fourth-order valence-corrected chi connectivity index (χ4v) is 2.31. The summed E-state index contributed by atoms with van der Waals surface area (Å²) in [6, 6.07) is 2.09. The Kier molecular flexibility index (Phi) is 3.27. The smallest absolute Gasteiger partial charge is 0.276 e. The van der Waals surface area contributed by atoms with Crippen molar-refractivity contribution < 1.29 is 9.32 Å². The van der Waals surface area contributed by atoms with Gasteiger partial charge in [0.2, 0.25) is 0 Å². The van der Waals surface area contributed by atoms with Gasteiger partial charge >= 0.3 is 0 Å². The van der Waals surface area contributed by atoms with Crippen molar-refractivity contribution in [2.75, 3.05) is 6.54 Å². The molecule has 1 saturated heterocycles. The normalized spacial score (nSPS) is 21.1. The summed E-state index contributed by atoms with van der Waals surface area (Å²) in [5, 5.41) is 3.79. The summed E-state index contributed by atoms with van der Waals surface area (Å²) >= 11 is 0. The molecule has 1 aliphatic heterocycles. The number of aryl methyl sites for hydroxylation is 1. The molecular weight excluding hydrogens is 204 g/mol. The van der Waals surface area contributed by atoms with E-state index >= 15 is 0 Å². The SMILES string of the molecule is CC[C@H]1CCCCN1C(=O)c1cc(C)on1. The summed E-state index contributed by atoms with van der Waals surface area (Å²) in [6.07, 6.45) is 4.45. The van der Waals surface area contributed by atoms with Gasteiger partial charge in [-0.25, -0.2) is 0 Å². The Hall–Kier alpha value is -1.32. The van der Waals surface area contributed by atoms with Crippen LogP contribution in [0.25, 0.3) is 0 Å². The quantitative estimate of drug-likeness (QED) is 0.771. The van der Waals surface area contributed by atoms with Crippen LogP contribution in [0.4, 0.5) is 0 Å². The number of carbonyl (C=O) groups excluding carboxylic acids is 1. The molecule has 1 aromatic rings. The number of piperidine rings is 1. The van der Waals surface area contributed by atoms with Gasteiger partial charge in [0.05, 0.1) is 0 Å². The van der Waals surface area contributed by atoms with E-state index in [4.69, 9.17) is 4.52 Å². The standard InChI is InChI=1S/C12H18N2O2/c1-3-10-6-4-5-7-14(10)12(15)11-8-9(2)16-13-11/h8,10H,3-7H2,1-2H3/t10-/m0/s1. The van der Waals surface area contributed by atoms with Gasteiger partial charge in [-0.05, 0) is 32.6 Å². The van der Waals surface area contributed by atoms with Crippen molar-refractivity contribution in [2.24, 2.45) is 0 Å². The molecule has 0 aliphatic carbocycles. The summed E-state index contributed by atoms with van der Waals surface area (Å²) < 4.78 is 4.95. The Bertz CT molecular complexity index is 373. The van der Waals surface area contributed by atoms with Gasteiger partial charge in [-0.2, -0.15) is 0 Å². The number of hydrogen-bond donors (Lipinski definition) is 0. The van der Waals surface area contributed by atoms with E-state index in [2.05, 4.69) is 12.1 Å². The largest absolute Gasteiger partial charge is 0.361 e. The van der Waals surface area contributed by atoms with Crippen LogP contribution in [0.2, 0.25) is 0 Å². The third-order valence-corrected chi connectivity index (χ3v) is 3.21.